The third-order valence-electron chi connectivity index (χ3n) is 3.83. The summed E-state index contributed by atoms with van der Waals surface area (Å²) in [6.07, 6.45) is 6.71. The highest BCUT2D eigenvalue weighted by molar-refractivity contribution is 14.0. The lowest BCUT2D eigenvalue weighted by molar-refractivity contribution is 0.593. The minimum absolute atomic E-state index is 0. The van der Waals surface area contributed by atoms with Gasteiger partial charge < -0.3 is 15.6 Å². The summed E-state index contributed by atoms with van der Waals surface area (Å²) in [7, 11) is 0. The number of hydrogen-bond acceptors (Lipinski definition) is 3. The number of guanidine groups is 1. The van der Waals surface area contributed by atoms with Crippen LogP contribution in [0.25, 0.3) is 0 Å². The standard InChI is InChI=1S/C15H28N6.HI/c1-12(2)7-9-17-15(16)18-10-8-14-20-19-13-6-4-3-5-11-21(13)14;/h12H,3-11H2,1-2H3,(H3,16,17,18);1H. The molecule has 0 radical (unpaired) electrons. The molecule has 0 aliphatic carbocycles. The maximum absolute atomic E-state index is 5.86. The maximum atomic E-state index is 5.86. The molecule has 0 saturated heterocycles. The second-order valence-corrected chi connectivity index (χ2v) is 6.12. The van der Waals surface area contributed by atoms with Crippen molar-refractivity contribution in [3.63, 3.8) is 0 Å². The summed E-state index contributed by atoms with van der Waals surface area (Å²) in [5.74, 6) is 3.40. The molecule has 0 bridgehead atoms. The average Bonchev–Trinajstić information content (AvgIpc) is 2.67. The van der Waals surface area contributed by atoms with Crippen molar-refractivity contribution in [2.45, 2.75) is 58.9 Å². The largest absolute Gasteiger partial charge is 0.370 e. The average molecular weight is 420 g/mol. The molecule has 0 saturated carbocycles. The molecule has 0 aromatic carbocycles. The van der Waals surface area contributed by atoms with Crippen molar-refractivity contribution in [1.29, 1.82) is 0 Å². The molecule has 0 unspecified atom stereocenters. The quantitative estimate of drug-likeness (QED) is 0.420. The highest BCUT2D eigenvalue weighted by atomic mass is 127. The minimum atomic E-state index is 0. The summed E-state index contributed by atoms with van der Waals surface area (Å²) in [6, 6.07) is 0. The Balaban J connectivity index is 0.00000242. The fourth-order valence-corrected chi connectivity index (χ4v) is 2.53. The summed E-state index contributed by atoms with van der Waals surface area (Å²) in [5.41, 5.74) is 5.86. The monoisotopic (exact) mass is 420 g/mol. The van der Waals surface area contributed by atoms with Crippen molar-refractivity contribution in [2.75, 3.05) is 13.1 Å². The molecule has 1 aliphatic rings. The summed E-state index contributed by atoms with van der Waals surface area (Å²) in [6.45, 7) is 6.98. The second kappa shape index (κ2) is 10.0. The molecule has 1 aromatic rings. The van der Waals surface area contributed by atoms with Gasteiger partial charge in [0, 0.05) is 32.5 Å². The zero-order valence-corrected chi connectivity index (χ0v) is 16.0. The van der Waals surface area contributed by atoms with Crippen molar-refractivity contribution >= 4 is 29.9 Å². The van der Waals surface area contributed by atoms with E-state index >= 15 is 0 Å². The Labute approximate surface area is 150 Å². The summed E-state index contributed by atoms with van der Waals surface area (Å²) >= 11 is 0. The van der Waals surface area contributed by atoms with Gasteiger partial charge >= 0.3 is 0 Å². The number of hydrogen-bond donors (Lipinski definition) is 2. The first-order valence-corrected chi connectivity index (χ1v) is 8.11. The van der Waals surface area contributed by atoms with E-state index in [4.69, 9.17) is 5.73 Å². The molecule has 0 fully saturated rings. The number of halogens is 1. The van der Waals surface area contributed by atoms with Crippen LogP contribution in [0.5, 0.6) is 0 Å². The van der Waals surface area contributed by atoms with Crippen molar-refractivity contribution in [2.24, 2.45) is 16.6 Å². The molecule has 0 atom stereocenters. The Morgan fingerprint density at radius 3 is 2.91 bits per heavy atom. The molecule has 7 heteroatoms. The zero-order chi connectivity index (χ0) is 15.1. The SMILES string of the molecule is CC(C)CCN=C(N)NCCc1nnc2n1CCCCC2.I. The third kappa shape index (κ3) is 6.10. The Morgan fingerprint density at radius 2 is 2.14 bits per heavy atom. The summed E-state index contributed by atoms with van der Waals surface area (Å²) in [4.78, 5) is 4.33. The molecule has 0 amide bonds. The number of nitrogens with one attached hydrogen (secondary N) is 1. The lowest BCUT2D eigenvalue weighted by Crippen LogP contribution is -2.33. The number of nitrogens with zero attached hydrogens (tertiary/aromatic N) is 4. The van der Waals surface area contributed by atoms with E-state index in [2.05, 4.69) is 38.9 Å². The van der Waals surface area contributed by atoms with E-state index in [1.54, 1.807) is 0 Å². The van der Waals surface area contributed by atoms with E-state index in [-0.39, 0.29) is 24.0 Å². The normalized spacial score (nSPS) is 15.1. The fraction of sp³-hybridized carbons (Fsp3) is 0.800. The number of aromatic nitrogens is 3. The van der Waals surface area contributed by atoms with Gasteiger partial charge in [0.1, 0.15) is 11.6 Å². The summed E-state index contributed by atoms with van der Waals surface area (Å²) in [5, 5.41) is 11.8. The third-order valence-corrected chi connectivity index (χ3v) is 3.83. The van der Waals surface area contributed by atoms with Crippen molar-refractivity contribution in [3.8, 4) is 0 Å². The number of aryl methyl sites for hydroxylation is 1. The molecule has 22 heavy (non-hydrogen) atoms. The van der Waals surface area contributed by atoms with Gasteiger partial charge in [-0.3, -0.25) is 4.99 Å². The summed E-state index contributed by atoms with van der Waals surface area (Å²) < 4.78 is 2.28. The predicted molar refractivity (Wildman–Crippen MR) is 101 cm³/mol. The van der Waals surface area contributed by atoms with Crippen LogP contribution in [0.2, 0.25) is 0 Å². The molecular weight excluding hydrogens is 391 g/mol. The Bertz CT molecular complexity index is 469. The number of nitrogens with two attached hydrogens (primary N) is 1. The molecule has 1 aliphatic heterocycles. The maximum Gasteiger partial charge on any atom is 0.188 e. The van der Waals surface area contributed by atoms with Crippen LogP contribution >= 0.6 is 24.0 Å². The van der Waals surface area contributed by atoms with Crippen molar-refractivity contribution < 1.29 is 0 Å². The zero-order valence-electron chi connectivity index (χ0n) is 13.7. The van der Waals surface area contributed by atoms with E-state index in [0.717, 1.165) is 50.5 Å². The molecular formula is C15H29IN6. The van der Waals surface area contributed by atoms with E-state index in [0.29, 0.717) is 11.9 Å². The van der Waals surface area contributed by atoms with Crippen LogP contribution in [-0.4, -0.2) is 33.8 Å². The van der Waals surface area contributed by atoms with Crippen molar-refractivity contribution in [3.05, 3.63) is 11.6 Å². The highest BCUT2D eigenvalue weighted by Crippen LogP contribution is 2.14. The van der Waals surface area contributed by atoms with Gasteiger partial charge in [-0.2, -0.15) is 0 Å². The van der Waals surface area contributed by atoms with Gasteiger partial charge in [0.05, 0.1) is 0 Å². The Hall–Kier alpha value is -0.860. The van der Waals surface area contributed by atoms with Crippen LogP contribution in [-0.2, 0) is 19.4 Å². The lowest BCUT2D eigenvalue weighted by atomic mass is 10.1. The van der Waals surface area contributed by atoms with Crippen LogP contribution in [0.3, 0.4) is 0 Å². The van der Waals surface area contributed by atoms with Gasteiger partial charge in [-0.05, 0) is 25.2 Å². The van der Waals surface area contributed by atoms with Gasteiger partial charge in [-0.15, -0.1) is 34.2 Å². The first kappa shape index (κ1) is 19.2. The molecule has 3 N–H and O–H groups in total. The second-order valence-electron chi connectivity index (χ2n) is 6.12. The highest BCUT2D eigenvalue weighted by Gasteiger charge is 2.14. The Kier molecular flexibility index (Phi) is 8.74. The molecule has 1 aromatic heterocycles. The van der Waals surface area contributed by atoms with Gasteiger partial charge in [0.2, 0.25) is 0 Å². The number of fused-ring (bicyclic) bond motifs is 1. The van der Waals surface area contributed by atoms with Gasteiger partial charge in [-0.25, -0.2) is 0 Å². The first-order chi connectivity index (χ1) is 10.2. The molecule has 2 rings (SSSR count). The minimum Gasteiger partial charge on any atom is -0.370 e. The van der Waals surface area contributed by atoms with E-state index < -0.39 is 0 Å². The molecule has 0 spiro atoms. The van der Waals surface area contributed by atoms with E-state index in [1.807, 2.05) is 0 Å². The smallest absolute Gasteiger partial charge is 0.188 e. The Morgan fingerprint density at radius 1 is 1.32 bits per heavy atom. The van der Waals surface area contributed by atoms with Crippen molar-refractivity contribution in [1.82, 2.24) is 20.1 Å². The number of rotatable bonds is 6. The predicted octanol–water partition coefficient (Wildman–Crippen LogP) is 2.12. The first-order valence-electron chi connectivity index (χ1n) is 8.11. The number of aliphatic imine (C=N–C) groups is 1. The van der Waals surface area contributed by atoms with Crippen LogP contribution in [0.1, 0.15) is 51.2 Å². The van der Waals surface area contributed by atoms with E-state index in [1.165, 1.54) is 19.3 Å². The van der Waals surface area contributed by atoms with Crippen LogP contribution in [0.4, 0.5) is 0 Å². The van der Waals surface area contributed by atoms with Gasteiger partial charge in [-0.1, -0.05) is 20.3 Å². The van der Waals surface area contributed by atoms with Crippen LogP contribution in [0.15, 0.2) is 4.99 Å². The van der Waals surface area contributed by atoms with Gasteiger partial charge in [0.15, 0.2) is 5.96 Å². The molecule has 126 valence electrons. The van der Waals surface area contributed by atoms with Gasteiger partial charge in [0.25, 0.3) is 0 Å². The topological polar surface area (TPSA) is 81.1 Å². The fourth-order valence-electron chi connectivity index (χ4n) is 2.53. The lowest BCUT2D eigenvalue weighted by Gasteiger charge is -2.08. The molecule has 6 nitrogen and oxygen atoms in total. The van der Waals surface area contributed by atoms with E-state index in [9.17, 15) is 0 Å². The van der Waals surface area contributed by atoms with Crippen LogP contribution < -0.4 is 11.1 Å². The molecule has 2 heterocycles. The van der Waals surface area contributed by atoms with Crippen LogP contribution in [0, 0.1) is 5.92 Å².